The highest BCUT2D eigenvalue weighted by Crippen LogP contribution is 2.17. The number of carbonyl (C=O) groups excluding carboxylic acids is 1. The van der Waals surface area contributed by atoms with E-state index < -0.39 is 5.60 Å². The van der Waals surface area contributed by atoms with E-state index >= 15 is 0 Å². The number of carbonyl (C=O) groups is 1. The first-order valence-electron chi connectivity index (χ1n) is 7.70. The highest BCUT2D eigenvalue weighted by atomic mass is 16.6. The van der Waals surface area contributed by atoms with Crippen LogP contribution in [0, 0.1) is 5.92 Å². The number of hydrogen-bond acceptors (Lipinski definition) is 4. The molecule has 0 unspecified atom stereocenters. The zero-order chi connectivity index (χ0) is 17.0. The lowest BCUT2D eigenvalue weighted by atomic mass is 9.88. The van der Waals surface area contributed by atoms with Crippen molar-refractivity contribution in [1.82, 2.24) is 20.2 Å². The van der Waals surface area contributed by atoms with Gasteiger partial charge in [0.15, 0.2) is 0 Å². The molecule has 0 fully saturated rings. The predicted octanol–water partition coefficient (Wildman–Crippen LogP) is 2.45. The Morgan fingerprint density at radius 1 is 1.36 bits per heavy atom. The van der Waals surface area contributed by atoms with E-state index in [1.54, 1.807) is 6.33 Å². The number of nitrogens with zero attached hydrogens (tertiary/aromatic N) is 2. The Labute approximate surface area is 133 Å². The third-order valence-corrected chi connectivity index (χ3v) is 3.86. The monoisotopic (exact) mass is 310 g/mol. The molecule has 0 aliphatic rings. The number of hydrogen-bond donors (Lipinski definition) is 2. The van der Waals surface area contributed by atoms with E-state index in [0.29, 0.717) is 19.0 Å². The second kappa shape index (κ2) is 7.13. The zero-order valence-electron chi connectivity index (χ0n) is 14.9. The quantitative estimate of drug-likeness (QED) is 0.847. The Morgan fingerprint density at radius 3 is 2.45 bits per heavy atom. The van der Waals surface area contributed by atoms with E-state index in [-0.39, 0.29) is 11.6 Å². The lowest BCUT2D eigenvalue weighted by molar-refractivity contribution is 0.0503. The van der Waals surface area contributed by atoms with E-state index in [0.717, 1.165) is 5.69 Å². The van der Waals surface area contributed by atoms with Crippen LogP contribution in [0.25, 0.3) is 0 Å². The maximum absolute atomic E-state index is 11.8. The summed E-state index contributed by atoms with van der Waals surface area (Å²) in [5, 5.41) is 6.39. The van der Waals surface area contributed by atoms with Crippen molar-refractivity contribution in [2.45, 2.75) is 59.2 Å². The van der Waals surface area contributed by atoms with Crippen LogP contribution in [0.1, 0.15) is 47.2 Å². The Hall–Kier alpha value is -1.56. The van der Waals surface area contributed by atoms with Crippen LogP contribution in [-0.4, -0.2) is 33.3 Å². The standard InChI is InChI=1S/C16H30N4O2/c1-12(2)16(6,10-18-14(21)22-15(3,4)5)19-9-13-8-17-11-20(13)7/h8,11-12,19H,9-10H2,1-7H3,(H,18,21)/t16-/m1/s1. The molecule has 0 bridgehead atoms. The Morgan fingerprint density at radius 2 is 2.00 bits per heavy atom. The maximum atomic E-state index is 11.8. The van der Waals surface area contributed by atoms with Crippen LogP contribution in [0.2, 0.25) is 0 Å². The molecular weight excluding hydrogens is 280 g/mol. The van der Waals surface area contributed by atoms with Crippen LogP contribution in [0.5, 0.6) is 0 Å². The number of amides is 1. The van der Waals surface area contributed by atoms with Crippen molar-refractivity contribution in [2.24, 2.45) is 13.0 Å². The Kier molecular flexibility index (Phi) is 6.00. The van der Waals surface area contributed by atoms with Gasteiger partial charge in [0.25, 0.3) is 0 Å². The van der Waals surface area contributed by atoms with Crippen molar-refractivity contribution in [1.29, 1.82) is 0 Å². The molecule has 1 rings (SSSR count). The molecule has 1 aromatic heterocycles. The van der Waals surface area contributed by atoms with Gasteiger partial charge in [-0.05, 0) is 33.6 Å². The average molecular weight is 310 g/mol. The second-order valence-electron chi connectivity index (χ2n) is 7.28. The molecule has 2 N–H and O–H groups in total. The fourth-order valence-electron chi connectivity index (χ4n) is 1.89. The van der Waals surface area contributed by atoms with E-state index in [4.69, 9.17) is 4.74 Å². The largest absolute Gasteiger partial charge is 0.444 e. The van der Waals surface area contributed by atoms with E-state index in [1.165, 1.54) is 0 Å². The fourth-order valence-corrected chi connectivity index (χ4v) is 1.89. The highest BCUT2D eigenvalue weighted by molar-refractivity contribution is 5.67. The molecule has 0 saturated heterocycles. The van der Waals surface area contributed by atoms with Crippen molar-refractivity contribution in [3.63, 3.8) is 0 Å². The molecule has 1 aromatic rings. The van der Waals surface area contributed by atoms with Gasteiger partial charge in [0.2, 0.25) is 0 Å². The molecule has 6 heteroatoms. The van der Waals surface area contributed by atoms with Gasteiger partial charge in [0.05, 0.1) is 12.0 Å². The molecule has 0 aromatic carbocycles. The van der Waals surface area contributed by atoms with Crippen LogP contribution in [-0.2, 0) is 18.3 Å². The van der Waals surface area contributed by atoms with Crippen molar-refractivity contribution in [3.05, 3.63) is 18.2 Å². The number of nitrogens with one attached hydrogen (secondary N) is 2. The predicted molar refractivity (Wildman–Crippen MR) is 87.5 cm³/mol. The van der Waals surface area contributed by atoms with Gasteiger partial charge in [0, 0.05) is 31.9 Å². The average Bonchev–Trinajstić information content (AvgIpc) is 2.77. The molecule has 22 heavy (non-hydrogen) atoms. The summed E-state index contributed by atoms with van der Waals surface area (Å²) in [4.78, 5) is 16.0. The van der Waals surface area contributed by atoms with Gasteiger partial charge in [-0.25, -0.2) is 9.78 Å². The van der Waals surface area contributed by atoms with Crippen molar-refractivity contribution < 1.29 is 9.53 Å². The van der Waals surface area contributed by atoms with Gasteiger partial charge in [0.1, 0.15) is 5.60 Å². The lowest BCUT2D eigenvalue weighted by Crippen LogP contribution is -2.55. The molecule has 0 saturated carbocycles. The minimum absolute atomic E-state index is 0.235. The second-order valence-corrected chi connectivity index (χ2v) is 7.28. The highest BCUT2D eigenvalue weighted by Gasteiger charge is 2.29. The fraction of sp³-hybridized carbons (Fsp3) is 0.750. The molecule has 1 atom stereocenters. The minimum atomic E-state index is -0.486. The molecule has 0 aliphatic carbocycles. The smallest absolute Gasteiger partial charge is 0.407 e. The summed E-state index contributed by atoms with van der Waals surface area (Å²) in [6.07, 6.45) is 3.24. The molecule has 0 aliphatic heterocycles. The summed E-state index contributed by atoms with van der Waals surface area (Å²) in [6.45, 7) is 13.1. The third kappa shape index (κ3) is 5.67. The molecule has 0 spiro atoms. The summed E-state index contributed by atoms with van der Waals surface area (Å²) >= 11 is 0. The van der Waals surface area contributed by atoms with Gasteiger partial charge in [-0.2, -0.15) is 0 Å². The summed E-state index contributed by atoms with van der Waals surface area (Å²) in [5.41, 5.74) is 0.380. The molecule has 6 nitrogen and oxygen atoms in total. The molecule has 126 valence electrons. The van der Waals surface area contributed by atoms with E-state index in [9.17, 15) is 4.79 Å². The maximum Gasteiger partial charge on any atom is 0.407 e. The van der Waals surface area contributed by atoms with E-state index in [1.807, 2.05) is 38.6 Å². The molecular formula is C16H30N4O2. The topological polar surface area (TPSA) is 68.2 Å². The third-order valence-electron chi connectivity index (χ3n) is 3.86. The number of ether oxygens (including phenoxy) is 1. The van der Waals surface area contributed by atoms with Crippen molar-refractivity contribution in [2.75, 3.05) is 6.54 Å². The minimum Gasteiger partial charge on any atom is -0.444 e. The van der Waals surface area contributed by atoms with Crippen molar-refractivity contribution in [3.8, 4) is 0 Å². The number of aromatic nitrogens is 2. The summed E-state index contributed by atoms with van der Waals surface area (Å²) in [6, 6.07) is 0. The van der Waals surface area contributed by atoms with Gasteiger partial charge in [-0.15, -0.1) is 0 Å². The number of rotatable bonds is 6. The number of aryl methyl sites for hydroxylation is 1. The zero-order valence-corrected chi connectivity index (χ0v) is 14.9. The lowest BCUT2D eigenvalue weighted by Gasteiger charge is -2.35. The van der Waals surface area contributed by atoms with Gasteiger partial charge in [-0.1, -0.05) is 13.8 Å². The normalized spacial score (nSPS) is 14.7. The summed E-state index contributed by atoms with van der Waals surface area (Å²) in [7, 11) is 1.97. The van der Waals surface area contributed by atoms with Gasteiger partial charge >= 0.3 is 6.09 Å². The van der Waals surface area contributed by atoms with Gasteiger partial charge < -0.3 is 19.9 Å². The van der Waals surface area contributed by atoms with E-state index in [2.05, 4.69) is 36.4 Å². The summed E-state index contributed by atoms with van der Waals surface area (Å²) < 4.78 is 7.27. The van der Waals surface area contributed by atoms with Crippen LogP contribution in [0.3, 0.4) is 0 Å². The molecule has 1 amide bonds. The number of alkyl carbamates (subject to hydrolysis) is 1. The Balaban J connectivity index is 2.59. The van der Waals surface area contributed by atoms with Crippen molar-refractivity contribution >= 4 is 6.09 Å². The van der Waals surface area contributed by atoms with Crippen LogP contribution >= 0.6 is 0 Å². The molecule has 1 heterocycles. The van der Waals surface area contributed by atoms with Crippen LogP contribution < -0.4 is 10.6 Å². The summed E-state index contributed by atoms with van der Waals surface area (Å²) in [5.74, 6) is 0.343. The molecule has 0 radical (unpaired) electrons. The first kappa shape index (κ1) is 18.5. The first-order chi connectivity index (χ1) is 10.0. The van der Waals surface area contributed by atoms with Crippen LogP contribution in [0.15, 0.2) is 12.5 Å². The first-order valence-corrected chi connectivity index (χ1v) is 7.70. The number of imidazole rings is 1. The van der Waals surface area contributed by atoms with Gasteiger partial charge in [-0.3, -0.25) is 0 Å². The Bertz CT molecular complexity index is 491. The van der Waals surface area contributed by atoms with Crippen LogP contribution in [0.4, 0.5) is 4.79 Å². The SMILES string of the molecule is CC(C)[C@@](C)(CNC(=O)OC(C)(C)C)NCc1cncn1C.